The number of aromatic nitrogens is 2. The van der Waals surface area contributed by atoms with Crippen molar-refractivity contribution in [2.75, 3.05) is 12.5 Å². The number of benzene rings is 2. The molecule has 0 saturated carbocycles. The number of rotatable bonds is 4. The first-order valence-corrected chi connectivity index (χ1v) is 11.3. The fourth-order valence-corrected chi connectivity index (χ4v) is 4.06. The van der Waals surface area contributed by atoms with Gasteiger partial charge in [0, 0.05) is 28.6 Å². The van der Waals surface area contributed by atoms with Crippen LogP contribution >= 0.6 is 23.4 Å². The van der Waals surface area contributed by atoms with Crippen molar-refractivity contribution >= 4 is 33.2 Å². The topological polar surface area (TPSA) is 52.0 Å². The lowest BCUT2D eigenvalue weighted by molar-refractivity contribution is -0.140. The minimum absolute atomic E-state index is 0.0742. The molecule has 0 fully saturated rings. The van der Waals surface area contributed by atoms with E-state index >= 15 is 0 Å². The van der Waals surface area contributed by atoms with Crippen molar-refractivity contribution < 1.29 is 21.6 Å². The van der Waals surface area contributed by atoms with Gasteiger partial charge in [0.2, 0.25) is 0 Å². The Kier molecular flexibility index (Phi) is 5.53. The van der Waals surface area contributed by atoms with E-state index in [0.29, 0.717) is 21.2 Å². The summed E-state index contributed by atoms with van der Waals surface area (Å²) in [5.74, 6) is 0.0754. The Labute approximate surface area is 169 Å². The molecule has 0 unspecified atom stereocenters. The largest absolute Gasteiger partial charge is 0.434 e. The molecule has 1 heterocycles. The molecule has 3 aromatic rings. The van der Waals surface area contributed by atoms with Gasteiger partial charge in [-0.2, -0.15) is 13.2 Å². The van der Waals surface area contributed by atoms with E-state index in [-0.39, 0.29) is 10.7 Å². The second-order valence-electron chi connectivity index (χ2n) is 5.93. The summed E-state index contributed by atoms with van der Waals surface area (Å²) in [6.07, 6.45) is -0.869. The summed E-state index contributed by atoms with van der Waals surface area (Å²) in [7, 11) is -3.42. The first-order chi connectivity index (χ1) is 13.0. The van der Waals surface area contributed by atoms with Gasteiger partial charge >= 0.3 is 6.18 Å². The lowest BCUT2D eigenvalue weighted by Crippen LogP contribution is -2.05. The Morgan fingerprint density at radius 2 is 1.75 bits per heavy atom. The van der Waals surface area contributed by atoms with Crippen LogP contribution in [0.15, 0.2) is 58.5 Å². The van der Waals surface area contributed by atoms with Crippen LogP contribution in [-0.4, -0.2) is 30.5 Å². The molecule has 28 heavy (non-hydrogen) atoms. The van der Waals surface area contributed by atoms with Crippen LogP contribution in [0.2, 0.25) is 5.02 Å². The van der Waals surface area contributed by atoms with Crippen LogP contribution in [0, 0.1) is 0 Å². The first kappa shape index (κ1) is 20.8. The predicted octanol–water partition coefficient (Wildman–Crippen LogP) is 5.34. The second-order valence-corrected chi connectivity index (χ2v) is 9.20. The molecule has 0 radical (unpaired) electrons. The maximum absolute atomic E-state index is 13.3. The third kappa shape index (κ3) is 4.21. The molecule has 0 aliphatic rings. The van der Waals surface area contributed by atoms with E-state index in [1.165, 1.54) is 40.6 Å². The van der Waals surface area contributed by atoms with Crippen LogP contribution < -0.4 is 0 Å². The van der Waals surface area contributed by atoms with Gasteiger partial charge in [0.05, 0.1) is 9.92 Å². The van der Waals surface area contributed by atoms with Gasteiger partial charge in [-0.05, 0) is 48.7 Å². The Morgan fingerprint density at radius 1 is 1.11 bits per heavy atom. The zero-order valence-electron chi connectivity index (χ0n) is 14.7. The van der Waals surface area contributed by atoms with E-state index in [9.17, 15) is 21.6 Å². The van der Waals surface area contributed by atoms with Gasteiger partial charge in [0.15, 0.2) is 15.5 Å². The van der Waals surface area contributed by atoms with Crippen LogP contribution in [0.25, 0.3) is 17.1 Å². The zero-order chi connectivity index (χ0) is 20.7. The number of sulfone groups is 1. The van der Waals surface area contributed by atoms with E-state index < -0.39 is 21.7 Å². The Balaban J connectivity index is 2.19. The van der Waals surface area contributed by atoms with E-state index in [4.69, 9.17) is 11.6 Å². The molecule has 1 aromatic heterocycles. The molecule has 0 aliphatic heterocycles. The molecular weight excluding hydrogens is 433 g/mol. The number of hydrogen-bond donors (Lipinski definition) is 0. The predicted molar refractivity (Wildman–Crippen MR) is 104 cm³/mol. The van der Waals surface area contributed by atoms with Gasteiger partial charge in [0.25, 0.3) is 0 Å². The molecule has 0 amide bonds. The Morgan fingerprint density at radius 3 is 2.29 bits per heavy atom. The summed E-state index contributed by atoms with van der Waals surface area (Å²) in [6.45, 7) is 0. The molecule has 4 nitrogen and oxygen atoms in total. The number of thioether (sulfide) groups is 1. The average Bonchev–Trinajstić information content (AvgIpc) is 3.07. The van der Waals surface area contributed by atoms with Gasteiger partial charge in [-0.3, -0.25) is 4.57 Å². The van der Waals surface area contributed by atoms with Gasteiger partial charge in [-0.1, -0.05) is 11.6 Å². The third-order valence-electron chi connectivity index (χ3n) is 3.95. The van der Waals surface area contributed by atoms with Crippen molar-refractivity contribution in [3.63, 3.8) is 0 Å². The summed E-state index contributed by atoms with van der Waals surface area (Å²) in [5, 5.41) is 0.489. The van der Waals surface area contributed by atoms with E-state index in [1.807, 2.05) is 6.26 Å². The number of halogens is 4. The second kappa shape index (κ2) is 7.46. The lowest BCUT2D eigenvalue weighted by atomic mass is 10.2. The third-order valence-corrected chi connectivity index (χ3v) is 6.30. The molecule has 0 aliphatic carbocycles. The molecule has 10 heteroatoms. The highest BCUT2D eigenvalue weighted by Crippen LogP contribution is 2.35. The minimum Gasteiger partial charge on any atom is -0.299 e. The molecule has 0 bridgehead atoms. The average molecular weight is 447 g/mol. The molecule has 0 saturated heterocycles. The molecule has 0 N–H and O–H groups in total. The van der Waals surface area contributed by atoms with Crippen molar-refractivity contribution in [3.05, 3.63) is 59.4 Å². The van der Waals surface area contributed by atoms with Crippen LogP contribution in [0.5, 0.6) is 0 Å². The van der Waals surface area contributed by atoms with Crippen molar-refractivity contribution in [1.29, 1.82) is 0 Å². The summed E-state index contributed by atoms with van der Waals surface area (Å²) in [5.41, 5.74) is -0.238. The van der Waals surface area contributed by atoms with Gasteiger partial charge in [0.1, 0.15) is 5.82 Å². The van der Waals surface area contributed by atoms with Crippen LogP contribution in [0.4, 0.5) is 13.2 Å². The van der Waals surface area contributed by atoms with Crippen LogP contribution in [0.3, 0.4) is 0 Å². The summed E-state index contributed by atoms with van der Waals surface area (Å²) in [4.78, 5) is 4.55. The van der Waals surface area contributed by atoms with Gasteiger partial charge in [-0.25, -0.2) is 13.4 Å². The standard InChI is InChI=1S/C18H14ClF3N2O2S2/c1-27-15-9-11(3-8-14(15)19)17-23-16(18(20,21)22)10-24(17)12-4-6-13(7-5-12)28(2,25)26/h3-10H,1-2H3. The van der Waals surface area contributed by atoms with Crippen LogP contribution in [-0.2, 0) is 16.0 Å². The monoisotopic (exact) mass is 446 g/mol. The first-order valence-electron chi connectivity index (χ1n) is 7.81. The maximum Gasteiger partial charge on any atom is 0.434 e. The summed E-state index contributed by atoms with van der Waals surface area (Å²) in [6, 6.07) is 10.4. The zero-order valence-corrected chi connectivity index (χ0v) is 17.0. The highest BCUT2D eigenvalue weighted by Gasteiger charge is 2.35. The number of nitrogens with zero attached hydrogens (tertiary/aromatic N) is 2. The molecule has 148 valence electrons. The lowest BCUT2D eigenvalue weighted by Gasteiger charge is -2.10. The van der Waals surface area contributed by atoms with E-state index in [2.05, 4.69) is 4.98 Å². The number of alkyl halides is 3. The summed E-state index contributed by atoms with van der Waals surface area (Å²) < 4.78 is 64.3. The highest BCUT2D eigenvalue weighted by molar-refractivity contribution is 7.98. The fourth-order valence-electron chi connectivity index (χ4n) is 2.57. The van der Waals surface area contributed by atoms with Gasteiger partial charge < -0.3 is 0 Å². The number of imidazole rings is 1. The van der Waals surface area contributed by atoms with Crippen molar-refractivity contribution in [3.8, 4) is 17.1 Å². The normalized spacial score (nSPS) is 12.4. The molecule has 0 spiro atoms. The molecular formula is C18H14ClF3N2O2S2. The maximum atomic E-state index is 13.3. The number of hydrogen-bond acceptors (Lipinski definition) is 4. The fraction of sp³-hybridized carbons (Fsp3) is 0.167. The SMILES string of the molecule is CSc1cc(-c2nc(C(F)(F)F)cn2-c2ccc(S(C)(=O)=O)cc2)ccc1Cl. The Hall–Kier alpha value is -1.97. The van der Waals surface area contributed by atoms with Gasteiger partial charge in [-0.15, -0.1) is 11.8 Å². The van der Waals surface area contributed by atoms with Crippen LogP contribution in [0.1, 0.15) is 5.69 Å². The van der Waals surface area contributed by atoms with Crippen molar-refractivity contribution in [1.82, 2.24) is 9.55 Å². The van der Waals surface area contributed by atoms with E-state index in [0.717, 1.165) is 12.5 Å². The molecule has 3 rings (SSSR count). The smallest absolute Gasteiger partial charge is 0.299 e. The van der Waals surface area contributed by atoms with E-state index in [1.54, 1.807) is 18.2 Å². The van der Waals surface area contributed by atoms with Crippen molar-refractivity contribution in [2.24, 2.45) is 0 Å². The molecule has 0 atom stereocenters. The highest BCUT2D eigenvalue weighted by atomic mass is 35.5. The molecule has 2 aromatic carbocycles. The minimum atomic E-state index is -4.62. The Bertz CT molecular complexity index is 1120. The quantitative estimate of drug-likeness (QED) is 0.508. The van der Waals surface area contributed by atoms with Crippen molar-refractivity contribution in [2.45, 2.75) is 16.0 Å². The summed E-state index contributed by atoms with van der Waals surface area (Å²) >= 11 is 7.46.